The monoisotopic (exact) mass is 414 g/mol. The van der Waals surface area contributed by atoms with Crippen molar-refractivity contribution in [1.29, 1.82) is 0 Å². The van der Waals surface area contributed by atoms with Crippen molar-refractivity contribution in [3.8, 4) is 23.1 Å². The topological polar surface area (TPSA) is 78.8 Å². The first-order chi connectivity index (χ1) is 15.1. The van der Waals surface area contributed by atoms with E-state index in [2.05, 4.69) is 43.9 Å². The Morgan fingerprint density at radius 3 is 3.03 bits per heavy atom. The van der Waals surface area contributed by atoms with Crippen LogP contribution in [-0.4, -0.2) is 50.3 Å². The molecule has 1 saturated carbocycles. The van der Waals surface area contributed by atoms with Gasteiger partial charge in [0.25, 0.3) is 0 Å². The molecular weight excluding hydrogens is 388 g/mol. The number of pyridine rings is 1. The zero-order valence-electron chi connectivity index (χ0n) is 17.7. The van der Waals surface area contributed by atoms with E-state index in [0.29, 0.717) is 12.5 Å². The average Bonchev–Trinajstić information content (AvgIpc) is 3.13. The lowest BCUT2D eigenvalue weighted by Crippen LogP contribution is -2.40. The van der Waals surface area contributed by atoms with Crippen LogP contribution in [0, 0.1) is 17.8 Å². The van der Waals surface area contributed by atoms with Crippen LogP contribution >= 0.6 is 0 Å². The van der Waals surface area contributed by atoms with E-state index in [1.54, 1.807) is 0 Å². The molecule has 0 bridgehead atoms. The summed E-state index contributed by atoms with van der Waals surface area (Å²) in [7, 11) is 0. The summed E-state index contributed by atoms with van der Waals surface area (Å²) in [4.78, 5) is 22.1. The summed E-state index contributed by atoms with van der Waals surface area (Å²) in [6, 6.07) is 4.40. The molecule has 2 aliphatic heterocycles. The zero-order valence-corrected chi connectivity index (χ0v) is 17.7. The lowest BCUT2D eigenvalue weighted by atomic mass is 9.82. The number of amides is 2. The minimum atomic E-state index is 0.0167. The Labute approximate surface area is 181 Å². The molecule has 1 atom stereocenters. The quantitative estimate of drug-likeness (QED) is 0.632. The van der Waals surface area contributed by atoms with E-state index in [9.17, 15) is 4.79 Å². The van der Waals surface area contributed by atoms with E-state index >= 15 is 0 Å². The lowest BCUT2D eigenvalue weighted by molar-refractivity contribution is 0.206. The van der Waals surface area contributed by atoms with Crippen LogP contribution in [0.15, 0.2) is 24.5 Å². The van der Waals surface area contributed by atoms with Crippen LogP contribution in [0.4, 0.5) is 4.79 Å². The second kappa shape index (κ2) is 6.88. The fourth-order valence-electron chi connectivity index (χ4n) is 4.98. The van der Waals surface area contributed by atoms with Gasteiger partial charge in [0.2, 0.25) is 0 Å². The van der Waals surface area contributed by atoms with Gasteiger partial charge in [-0.25, -0.2) is 9.78 Å². The van der Waals surface area contributed by atoms with Gasteiger partial charge in [0.1, 0.15) is 5.65 Å². The summed E-state index contributed by atoms with van der Waals surface area (Å²) in [5.74, 6) is 7.23. The molecule has 31 heavy (non-hydrogen) atoms. The minimum Gasteiger partial charge on any atom is -0.345 e. The first-order valence-corrected chi connectivity index (χ1v) is 11.3. The molecule has 2 N–H and O–H groups in total. The number of urea groups is 1. The van der Waals surface area contributed by atoms with Gasteiger partial charge in [0.15, 0.2) is 0 Å². The molecule has 0 aromatic carbocycles. The molecule has 6 rings (SSSR count). The predicted molar refractivity (Wildman–Crippen MR) is 118 cm³/mol. The highest BCUT2D eigenvalue weighted by atomic mass is 16.2. The first-order valence-electron chi connectivity index (χ1n) is 11.3. The third-order valence-corrected chi connectivity index (χ3v) is 6.91. The van der Waals surface area contributed by atoms with Crippen molar-refractivity contribution in [1.82, 2.24) is 30.0 Å². The van der Waals surface area contributed by atoms with E-state index in [-0.39, 0.29) is 11.4 Å². The SMILES string of the molecule is CCNC(=O)N1CCC2(CCn3nc(-c4cnc5[nH]cc(C#CC6CC6)c5c4)cc32)C1. The van der Waals surface area contributed by atoms with E-state index in [4.69, 9.17) is 5.10 Å². The highest BCUT2D eigenvalue weighted by Gasteiger charge is 2.46. The Balaban J connectivity index is 1.31. The normalized spacial score (nSPS) is 22.0. The molecule has 5 heterocycles. The number of nitrogens with zero attached hydrogens (tertiary/aromatic N) is 4. The van der Waals surface area contributed by atoms with Crippen molar-refractivity contribution in [2.24, 2.45) is 5.92 Å². The molecule has 1 unspecified atom stereocenters. The van der Waals surface area contributed by atoms with Crippen LogP contribution in [0.3, 0.4) is 0 Å². The van der Waals surface area contributed by atoms with Crippen LogP contribution in [0.2, 0.25) is 0 Å². The number of hydrogen-bond donors (Lipinski definition) is 2. The number of aromatic nitrogens is 4. The maximum Gasteiger partial charge on any atom is 0.317 e. The number of carbonyl (C=O) groups excluding carboxylic acids is 1. The number of carbonyl (C=O) groups is 1. The Bertz CT molecular complexity index is 1240. The van der Waals surface area contributed by atoms with Gasteiger partial charge in [-0.1, -0.05) is 11.8 Å². The second-order valence-electron chi connectivity index (χ2n) is 9.04. The van der Waals surface area contributed by atoms with Crippen LogP contribution in [0.25, 0.3) is 22.3 Å². The Hall–Kier alpha value is -3.27. The largest absolute Gasteiger partial charge is 0.345 e. The lowest BCUT2D eigenvalue weighted by Gasteiger charge is -2.23. The molecule has 3 aromatic rings. The summed E-state index contributed by atoms with van der Waals surface area (Å²) in [6.07, 6.45) is 8.31. The molecule has 0 radical (unpaired) electrons. The number of rotatable bonds is 2. The highest BCUT2D eigenvalue weighted by Crippen LogP contribution is 2.43. The number of hydrogen-bond acceptors (Lipinski definition) is 3. The Morgan fingerprint density at radius 1 is 1.32 bits per heavy atom. The summed E-state index contributed by atoms with van der Waals surface area (Å²) in [5, 5.41) is 8.89. The molecule has 2 fully saturated rings. The van der Waals surface area contributed by atoms with Crippen LogP contribution in [-0.2, 0) is 12.0 Å². The van der Waals surface area contributed by atoms with E-state index < -0.39 is 0 Å². The van der Waals surface area contributed by atoms with Gasteiger partial charge in [0, 0.05) is 66.5 Å². The van der Waals surface area contributed by atoms with Gasteiger partial charge in [0.05, 0.1) is 11.3 Å². The number of nitrogens with one attached hydrogen (secondary N) is 2. The van der Waals surface area contributed by atoms with Gasteiger partial charge < -0.3 is 15.2 Å². The van der Waals surface area contributed by atoms with Gasteiger partial charge in [-0.15, -0.1) is 0 Å². The maximum absolute atomic E-state index is 12.3. The molecule has 1 aliphatic carbocycles. The van der Waals surface area contributed by atoms with Crippen molar-refractivity contribution in [2.75, 3.05) is 19.6 Å². The predicted octanol–water partition coefficient (Wildman–Crippen LogP) is 3.26. The summed E-state index contributed by atoms with van der Waals surface area (Å²) < 4.78 is 2.13. The molecule has 1 saturated heterocycles. The van der Waals surface area contributed by atoms with Crippen molar-refractivity contribution in [3.05, 3.63) is 35.8 Å². The zero-order chi connectivity index (χ0) is 21.0. The fourth-order valence-corrected chi connectivity index (χ4v) is 4.98. The highest BCUT2D eigenvalue weighted by molar-refractivity contribution is 5.86. The summed E-state index contributed by atoms with van der Waals surface area (Å²) >= 11 is 0. The summed E-state index contributed by atoms with van der Waals surface area (Å²) in [5.41, 5.74) is 5.09. The summed E-state index contributed by atoms with van der Waals surface area (Å²) in [6.45, 7) is 5.08. The number of fused-ring (bicyclic) bond motifs is 3. The van der Waals surface area contributed by atoms with Gasteiger partial charge in [-0.2, -0.15) is 5.10 Å². The minimum absolute atomic E-state index is 0.0167. The average molecular weight is 415 g/mol. The third kappa shape index (κ3) is 3.09. The fraction of sp³-hybridized carbons (Fsp3) is 0.458. The van der Waals surface area contributed by atoms with Gasteiger partial charge in [-0.05, 0) is 44.7 Å². The van der Waals surface area contributed by atoms with Crippen molar-refractivity contribution >= 4 is 17.1 Å². The molecule has 3 aliphatic rings. The molecule has 3 aromatic heterocycles. The number of aryl methyl sites for hydroxylation is 1. The standard InChI is InChI=1S/C24H26N6O/c1-2-25-23(31)29-9-7-24(15-29)8-10-30-21(24)12-20(28-30)18-11-19-17(6-5-16-3-4-16)13-26-22(19)27-14-18/h11-14,16H,2-4,7-10,15H2,1H3,(H,25,31)(H,26,27). The Kier molecular flexibility index (Phi) is 4.10. The smallest absolute Gasteiger partial charge is 0.317 e. The van der Waals surface area contributed by atoms with Crippen molar-refractivity contribution in [2.45, 2.75) is 44.6 Å². The number of aromatic amines is 1. The van der Waals surface area contributed by atoms with Crippen molar-refractivity contribution < 1.29 is 4.79 Å². The molecule has 7 heteroatoms. The van der Waals surface area contributed by atoms with Crippen LogP contribution in [0.5, 0.6) is 0 Å². The maximum atomic E-state index is 12.3. The molecule has 7 nitrogen and oxygen atoms in total. The van der Waals surface area contributed by atoms with E-state index in [0.717, 1.165) is 60.3 Å². The first kappa shape index (κ1) is 18.5. The van der Waals surface area contributed by atoms with Crippen LogP contribution < -0.4 is 5.32 Å². The Morgan fingerprint density at radius 2 is 2.19 bits per heavy atom. The van der Waals surface area contributed by atoms with Gasteiger partial charge in [-0.3, -0.25) is 4.68 Å². The molecule has 1 spiro atoms. The second-order valence-corrected chi connectivity index (χ2v) is 9.04. The molecular formula is C24H26N6O. The van der Waals surface area contributed by atoms with E-state index in [1.807, 2.05) is 24.2 Å². The molecule has 2 amide bonds. The van der Waals surface area contributed by atoms with Gasteiger partial charge >= 0.3 is 6.03 Å². The number of H-pyrrole nitrogens is 1. The molecule has 158 valence electrons. The van der Waals surface area contributed by atoms with Crippen molar-refractivity contribution in [3.63, 3.8) is 0 Å². The third-order valence-electron chi connectivity index (χ3n) is 6.91. The van der Waals surface area contributed by atoms with E-state index in [1.165, 1.54) is 18.5 Å². The number of likely N-dealkylation sites (tertiary alicyclic amines) is 1. The van der Waals surface area contributed by atoms with Crippen LogP contribution in [0.1, 0.15) is 43.9 Å².